The van der Waals surface area contributed by atoms with E-state index in [9.17, 15) is 9.90 Å². The molecule has 0 saturated carbocycles. The minimum atomic E-state index is -0.593. The first-order valence-corrected chi connectivity index (χ1v) is 13.8. The molecule has 1 aliphatic rings. The highest BCUT2D eigenvalue weighted by Gasteiger charge is 2.34. The molecule has 38 heavy (non-hydrogen) atoms. The van der Waals surface area contributed by atoms with Gasteiger partial charge in [0, 0.05) is 31.3 Å². The summed E-state index contributed by atoms with van der Waals surface area (Å²) in [5, 5.41) is 18.9. The number of ether oxygens (including phenoxy) is 4. The van der Waals surface area contributed by atoms with Crippen LogP contribution in [0.3, 0.4) is 0 Å². The zero-order valence-corrected chi connectivity index (χ0v) is 22.7. The van der Waals surface area contributed by atoms with Crippen LogP contribution >= 0.6 is 0 Å². The van der Waals surface area contributed by atoms with E-state index in [0.717, 1.165) is 31.2 Å². The van der Waals surface area contributed by atoms with Gasteiger partial charge in [0.1, 0.15) is 11.9 Å². The fourth-order valence-electron chi connectivity index (χ4n) is 4.66. The summed E-state index contributed by atoms with van der Waals surface area (Å²) in [4.78, 5) is 12.1. The van der Waals surface area contributed by atoms with E-state index in [1.54, 1.807) is 12.1 Å². The standard InChI is InChI=1S/C31H42O7/c1-23(33)37-31-29(24-18-19-26(34)28(22-24)35-2)38-27-17-13-12-16-25(27)30(31)36-21-15-11-9-7-5-3-4-6-8-10-14-20-32/h12-13,16-19,22,30,32,34H,3-11,14-15,20-21H2,1-2H3. The number of para-hydroxylation sites is 1. The zero-order chi connectivity index (χ0) is 27.2. The Balaban J connectivity index is 1.59. The summed E-state index contributed by atoms with van der Waals surface area (Å²) in [5.41, 5.74) is 1.41. The largest absolute Gasteiger partial charge is 0.504 e. The third-order valence-corrected chi connectivity index (χ3v) is 6.66. The van der Waals surface area contributed by atoms with Gasteiger partial charge in [0.2, 0.25) is 0 Å². The number of rotatable bonds is 17. The van der Waals surface area contributed by atoms with Crippen LogP contribution < -0.4 is 9.47 Å². The van der Waals surface area contributed by atoms with Gasteiger partial charge in [0.25, 0.3) is 0 Å². The normalized spacial score (nSPS) is 14.7. The quantitative estimate of drug-likeness (QED) is 0.168. The van der Waals surface area contributed by atoms with Gasteiger partial charge in [-0.05, 0) is 37.1 Å². The summed E-state index contributed by atoms with van der Waals surface area (Å²) < 4.78 is 23.5. The van der Waals surface area contributed by atoms with E-state index in [4.69, 9.17) is 24.1 Å². The van der Waals surface area contributed by atoms with E-state index in [1.807, 2.05) is 24.3 Å². The van der Waals surface area contributed by atoms with Crippen LogP contribution in [0.25, 0.3) is 5.76 Å². The molecule has 1 heterocycles. The Kier molecular flexibility index (Phi) is 12.5. The third kappa shape index (κ3) is 8.77. The van der Waals surface area contributed by atoms with Crippen molar-refractivity contribution in [3.63, 3.8) is 0 Å². The van der Waals surface area contributed by atoms with Crippen LogP contribution in [0.2, 0.25) is 0 Å². The van der Waals surface area contributed by atoms with E-state index in [-0.39, 0.29) is 5.75 Å². The highest BCUT2D eigenvalue weighted by molar-refractivity contribution is 5.75. The van der Waals surface area contributed by atoms with E-state index < -0.39 is 12.1 Å². The maximum Gasteiger partial charge on any atom is 0.307 e. The van der Waals surface area contributed by atoms with Crippen LogP contribution in [0.15, 0.2) is 48.2 Å². The number of benzene rings is 2. The smallest absolute Gasteiger partial charge is 0.307 e. The number of aromatic hydroxyl groups is 1. The van der Waals surface area contributed by atoms with Gasteiger partial charge in [-0.15, -0.1) is 0 Å². The van der Waals surface area contributed by atoms with Gasteiger partial charge < -0.3 is 29.2 Å². The van der Waals surface area contributed by atoms with Crippen molar-refractivity contribution in [2.75, 3.05) is 20.3 Å². The van der Waals surface area contributed by atoms with Crippen LogP contribution in [0, 0.1) is 0 Å². The molecule has 0 radical (unpaired) electrons. The second-order valence-corrected chi connectivity index (χ2v) is 9.68. The molecule has 1 aliphatic heterocycles. The summed E-state index contributed by atoms with van der Waals surface area (Å²) in [6.07, 6.45) is 12.1. The second-order valence-electron chi connectivity index (χ2n) is 9.68. The number of carbonyl (C=O) groups excluding carboxylic acids is 1. The number of aliphatic hydroxyl groups excluding tert-OH is 1. The minimum absolute atomic E-state index is 0.00736. The highest BCUT2D eigenvalue weighted by atomic mass is 16.6. The highest BCUT2D eigenvalue weighted by Crippen LogP contribution is 2.44. The van der Waals surface area contributed by atoms with Gasteiger partial charge in [-0.1, -0.05) is 76.0 Å². The van der Waals surface area contributed by atoms with E-state index in [0.29, 0.717) is 41.8 Å². The van der Waals surface area contributed by atoms with Crippen molar-refractivity contribution < 1.29 is 34.0 Å². The molecule has 1 atom stereocenters. The number of esters is 1. The van der Waals surface area contributed by atoms with Gasteiger partial charge in [0.05, 0.1) is 7.11 Å². The Bertz CT molecular complexity index is 1050. The lowest BCUT2D eigenvalue weighted by atomic mass is 10.00. The number of methoxy groups -OCH3 is 1. The van der Waals surface area contributed by atoms with Crippen molar-refractivity contribution in [2.45, 2.75) is 83.7 Å². The molecule has 7 heteroatoms. The molecule has 2 N–H and O–H groups in total. The maximum atomic E-state index is 12.1. The van der Waals surface area contributed by atoms with Gasteiger partial charge >= 0.3 is 5.97 Å². The Morgan fingerprint density at radius 3 is 2.16 bits per heavy atom. The van der Waals surface area contributed by atoms with Gasteiger partial charge in [-0.25, -0.2) is 0 Å². The molecule has 7 nitrogen and oxygen atoms in total. The molecule has 3 rings (SSSR count). The van der Waals surface area contributed by atoms with Crippen molar-refractivity contribution in [1.82, 2.24) is 0 Å². The first kappa shape index (κ1) is 29.5. The Hall–Kier alpha value is -3.03. The molecule has 0 saturated heterocycles. The van der Waals surface area contributed by atoms with Crippen molar-refractivity contribution in [3.8, 4) is 17.2 Å². The number of carbonyl (C=O) groups is 1. The van der Waals surface area contributed by atoms with Gasteiger partial charge in [-0.3, -0.25) is 4.79 Å². The lowest BCUT2D eigenvalue weighted by molar-refractivity contribution is -0.139. The Morgan fingerprint density at radius 2 is 1.53 bits per heavy atom. The SMILES string of the molecule is COc1cc(C2=C(OC(C)=O)C(OCCCCCCCCCCCCCO)c3ccccc3O2)ccc1O. The molecule has 1 unspecified atom stereocenters. The number of hydrogen-bond donors (Lipinski definition) is 2. The Morgan fingerprint density at radius 1 is 0.895 bits per heavy atom. The number of phenols is 1. The van der Waals surface area contributed by atoms with E-state index >= 15 is 0 Å². The predicted octanol–water partition coefficient (Wildman–Crippen LogP) is 7.07. The summed E-state index contributed by atoms with van der Waals surface area (Å²) in [7, 11) is 1.48. The van der Waals surface area contributed by atoms with Crippen LogP contribution in [0.1, 0.15) is 94.8 Å². The molecular formula is C31H42O7. The number of aliphatic hydroxyl groups is 1. The minimum Gasteiger partial charge on any atom is -0.504 e. The molecule has 208 valence electrons. The fraction of sp³-hybridized carbons (Fsp3) is 0.516. The number of unbranched alkanes of at least 4 members (excludes halogenated alkanes) is 10. The summed E-state index contributed by atoms with van der Waals surface area (Å²) in [5.74, 6) is 1.12. The van der Waals surface area contributed by atoms with Gasteiger partial charge in [-0.2, -0.15) is 0 Å². The molecule has 2 aromatic carbocycles. The maximum absolute atomic E-state index is 12.1. The lowest BCUT2D eigenvalue weighted by Crippen LogP contribution is -2.21. The molecule has 0 bridgehead atoms. The zero-order valence-electron chi connectivity index (χ0n) is 22.7. The number of hydrogen-bond acceptors (Lipinski definition) is 7. The molecule has 0 spiro atoms. The van der Waals surface area contributed by atoms with E-state index in [1.165, 1.54) is 65.0 Å². The molecule has 0 amide bonds. The van der Waals surface area contributed by atoms with Crippen LogP contribution in [-0.4, -0.2) is 36.5 Å². The number of fused-ring (bicyclic) bond motifs is 1. The van der Waals surface area contributed by atoms with E-state index in [2.05, 4.69) is 0 Å². The molecule has 0 aliphatic carbocycles. The van der Waals surface area contributed by atoms with Gasteiger partial charge in [0.15, 0.2) is 23.0 Å². The second kappa shape index (κ2) is 16.0. The molecular weight excluding hydrogens is 484 g/mol. The number of phenolic OH excluding ortho intramolecular Hbond substituents is 1. The topological polar surface area (TPSA) is 94.5 Å². The average Bonchev–Trinajstić information content (AvgIpc) is 2.92. The van der Waals surface area contributed by atoms with Crippen LogP contribution in [0.5, 0.6) is 17.2 Å². The fourth-order valence-corrected chi connectivity index (χ4v) is 4.66. The molecule has 0 fully saturated rings. The summed E-state index contributed by atoms with van der Waals surface area (Å²) in [6.45, 7) is 2.19. The van der Waals surface area contributed by atoms with Crippen LogP contribution in [-0.2, 0) is 14.3 Å². The lowest BCUT2D eigenvalue weighted by Gasteiger charge is -2.30. The third-order valence-electron chi connectivity index (χ3n) is 6.66. The average molecular weight is 527 g/mol. The predicted molar refractivity (Wildman–Crippen MR) is 147 cm³/mol. The molecule has 2 aromatic rings. The first-order valence-electron chi connectivity index (χ1n) is 13.8. The monoisotopic (exact) mass is 526 g/mol. The first-order chi connectivity index (χ1) is 18.5. The van der Waals surface area contributed by atoms with Crippen molar-refractivity contribution in [1.29, 1.82) is 0 Å². The Labute approximate surface area is 226 Å². The summed E-state index contributed by atoms with van der Waals surface area (Å²) in [6, 6.07) is 12.4. The van der Waals surface area contributed by atoms with Crippen LogP contribution in [0.4, 0.5) is 0 Å². The summed E-state index contributed by atoms with van der Waals surface area (Å²) >= 11 is 0. The molecule has 0 aromatic heterocycles. The van der Waals surface area contributed by atoms with Crippen molar-refractivity contribution >= 4 is 11.7 Å². The van der Waals surface area contributed by atoms with Crippen molar-refractivity contribution in [3.05, 3.63) is 59.4 Å². The van der Waals surface area contributed by atoms with Crippen molar-refractivity contribution in [2.24, 2.45) is 0 Å².